The van der Waals surface area contributed by atoms with Crippen molar-refractivity contribution in [2.75, 3.05) is 20.8 Å². The van der Waals surface area contributed by atoms with Crippen LogP contribution in [0.4, 0.5) is 0 Å². The van der Waals surface area contributed by atoms with Gasteiger partial charge < -0.3 is 14.2 Å². The van der Waals surface area contributed by atoms with Crippen LogP contribution in [0.1, 0.15) is 21.5 Å². The van der Waals surface area contributed by atoms with Crippen LogP contribution in [0.5, 0.6) is 17.2 Å². The lowest BCUT2D eigenvalue weighted by molar-refractivity contribution is 0.104. The number of rotatable bonds is 8. The first-order chi connectivity index (χ1) is 12.1. The van der Waals surface area contributed by atoms with E-state index in [1.54, 1.807) is 56.7 Å². The number of hydrogen-bond acceptors (Lipinski definition) is 4. The van der Waals surface area contributed by atoms with Crippen LogP contribution in [0.25, 0.3) is 6.08 Å². The normalized spacial score (nSPS) is 10.5. The van der Waals surface area contributed by atoms with Crippen molar-refractivity contribution in [3.05, 3.63) is 71.8 Å². The van der Waals surface area contributed by atoms with Crippen LogP contribution in [0.2, 0.25) is 0 Å². The monoisotopic (exact) mass is 338 g/mol. The number of allylic oxidation sites excluding steroid dienone is 1. The highest BCUT2D eigenvalue weighted by molar-refractivity contribution is 6.07. The van der Waals surface area contributed by atoms with Crippen LogP contribution in [0, 0.1) is 6.92 Å². The van der Waals surface area contributed by atoms with Crippen LogP contribution in [0.3, 0.4) is 0 Å². The molecule has 4 nitrogen and oxygen atoms in total. The number of carbonyl (C=O) groups is 1. The summed E-state index contributed by atoms with van der Waals surface area (Å²) in [6.45, 7) is 5.96. The van der Waals surface area contributed by atoms with Crippen molar-refractivity contribution >= 4 is 11.9 Å². The third-order valence-electron chi connectivity index (χ3n) is 3.76. The van der Waals surface area contributed by atoms with Gasteiger partial charge in [0, 0.05) is 11.1 Å². The molecule has 0 radical (unpaired) electrons. The summed E-state index contributed by atoms with van der Waals surface area (Å²) >= 11 is 0. The van der Waals surface area contributed by atoms with Crippen LogP contribution in [-0.4, -0.2) is 26.6 Å². The lowest BCUT2D eigenvalue weighted by atomic mass is 10.0. The molecule has 2 aromatic carbocycles. The number of ether oxygens (including phenoxy) is 3. The number of ketones is 1. The average molecular weight is 338 g/mol. The molecule has 0 heterocycles. The Hall–Kier alpha value is -3.01. The van der Waals surface area contributed by atoms with Gasteiger partial charge >= 0.3 is 0 Å². The van der Waals surface area contributed by atoms with Gasteiger partial charge in [-0.3, -0.25) is 4.79 Å². The molecule has 0 bridgehead atoms. The maximum Gasteiger partial charge on any atom is 0.185 e. The molecule has 0 amide bonds. The molecule has 0 spiro atoms. The van der Waals surface area contributed by atoms with E-state index in [0.29, 0.717) is 29.4 Å². The summed E-state index contributed by atoms with van der Waals surface area (Å²) in [5.41, 5.74) is 2.41. The summed E-state index contributed by atoms with van der Waals surface area (Å²) < 4.78 is 16.1. The maximum atomic E-state index is 12.3. The Morgan fingerprint density at radius 3 is 2.40 bits per heavy atom. The molecule has 0 aromatic heterocycles. The van der Waals surface area contributed by atoms with Gasteiger partial charge in [0.15, 0.2) is 17.3 Å². The van der Waals surface area contributed by atoms with Gasteiger partial charge in [-0.05, 0) is 48.9 Å². The van der Waals surface area contributed by atoms with Gasteiger partial charge in [-0.15, -0.1) is 0 Å². The SMILES string of the molecule is C=CCOc1ccc(C(=O)C=Cc2ccc(OC)c(OC)c2C)cc1. The standard InChI is InChI=1S/C21H22O4/c1-5-14-25-18-10-6-17(7-11-18)19(22)12-8-16-9-13-20(23-3)21(24-4)15(16)2/h5-13H,1,14H2,2-4H3. The van der Waals surface area contributed by atoms with Crippen LogP contribution in [0.15, 0.2) is 55.1 Å². The Kier molecular flexibility index (Phi) is 6.40. The third-order valence-corrected chi connectivity index (χ3v) is 3.76. The fourth-order valence-electron chi connectivity index (χ4n) is 2.41. The van der Waals surface area contributed by atoms with E-state index in [1.807, 2.05) is 19.1 Å². The van der Waals surface area contributed by atoms with Crippen LogP contribution in [-0.2, 0) is 0 Å². The van der Waals surface area contributed by atoms with Gasteiger partial charge in [0.05, 0.1) is 14.2 Å². The molecule has 25 heavy (non-hydrogen) atoms. The minimum Gasteiger partial charge on any atom is -0.493 e. The lowest BCUT2D eigenvalue weighted by Gasteiger charge is -2.12. The smallest absolute Gasteiger partial charge is 0.185 e. The van der Waals surface area contributed by atoms with E-state index in [2.05, 4.69) is 6.58 Å². The quantitative estimate of drug-likeness (QED) is 0.405. The first kappa shape index (κ1) is 18.3. The first-order valence-corrected chi connectivity index (χ1v) is 7.88. The van der Waals surface area contributed by atoms with Crippen molar-refractivity contribution in [2.24, 2.45) is 0 Å². The fourth-order valence-corrected chi connectivity index (χ4v) is 2.41. The van der Waals surface area contributed by atoms with E-state index in [4.69, 9.17) is 14.2 Å². The van der Waals surface area contributed by atoms with Gasteiger partial charge in [0.2, 0.25) is 0 Å². The van der Waals surface area contributed by atoms with Crippen molar-refractivity contribution in [1.82, 2.24) is 0 Å². The van der Waals surface area contributed by atoms with Gasteiger partial charge in [-0.25, -0.2) is 0 Å². The number of hydrogen-bond donors (Lipinski definition) is 0. The first-order valence-electron chi connectivity index (χ1n) is 7.88. The Morgan fingerprint density at radius 2 is 1.80 bits per heavy atom. The molecule has 130 valence electrons. The van der Waals surface area contributed by atoms with Crippen molar-refractivity contribution < 1.29 is 19.0 Å². The zero-order chi connectivity index (χ0) is 18.2. The largest absolute Gasteiger partial charge is 0.493 e. The minimum absolute atomic E-state index is 0.0792. The fraction of sp³-hybridized carbons (Fsp3) is 0.190. The molecule has 0 N–H and O–H groups in total. The maximum absolute atomic E-state index is 12.3. The molecule has 4 heteroatoms. The minimum atomic E-state index is -0.0792. The van der Waals surface area contributed by atoms with Crippen molar-refractivity contribution in [3.63, 3.8) is 0 Å². The molecule has 0 atom stereocenters. The molecule has 0 saturated carbocycles. The predicted molar refractivity (Wildman–Crippen MR) is 99.8 cm³/mol. The second kappa shape index (κ2) is 8.73. The van der Waals surface area contributed by atoms with Gasteiger partial charge in [-0.2, -0.15) is 0 Å². The van der Waals surface area contributed by atoms with Crippen molar-refractivity contribution in [2.45, 2.75) is 6.92 Å². The molecule has 0 aliphatic heterocycles. The second-order valence-electron chi connectivity index (χ2n) is 5.34. The molecular formula is C21H22O4. The molecule has 0 saturated heterocycles. The number of carbonyl (C=O) groups excluding carboxylic acids is 1. The predicted octanol–water partition coefficient (Wildman–Crippen LogP) is 4.47. The molecule has 0 unspecified atom stereocenters. The molecule has 0 fully saturated rings. The van der Waals surface area contributed by atoms with E-state index in [9.17, 15) is 4.79 Å². The zero-order valence-corrected chi connectivity index (χ0v) is 14.7. The summed E-state index contributed by atoms with van der Waals surface area (Å²) in [7, 11) is 3.19. The summed E-state index contributed by atoms with van der Waals surface area (Å²) in [6, 6.07) is 10.7. The highest BCUT2D eigenvalue weighted by Gasteiger charge is 2.10. The van der Waals surface area contributed by atoms with E-state index >= 15 is 0 Å². The number of methoxy groups -OCH3 is 2. The molecule has 2 aromatic rings. The van der Waals surface area contributed by atoms with Gasteiger partial charge in [0.25, 0.3) is 0 Å². The van der Waals surface area contributed by atoms with E-state index < -0.39 is 0 Å². The summed E-state index contributed by atoms with van der Waals surface area (Å²) in [5, 5.41) is 0. The van der Waals surface area contributed by atoms with Gasteiger partial charge in [-0.1, -0.05) is 24.8 Å². The Bertz CT molecular complexity index is 773. The molecule has 0 aliphatic rings. The van der Waals surface area contributed by atoms with Gasteiger partial charge in [0.1, 0.15) is 12.4 Å². The summed E-state index contributed by atoms with van der Waals surface area (Å²) in [5.74, 6) is 1.96. The Morgan fingerprint density at radius 1 is 1.08 bits per heavy atom. The lowest BCUT2D eigenvalue weighted by Crippen LogP contribution is -1.97. The number of benzene rings is 2. The van der Waals surface area contributed by atoms with Crippen molar-refractivity contribution in [3.8, 4) is 17.2 Å². The highest BCUT2D eigenvalue weighted by atomic mass is 16.5. The van der Waals surface area contributed by atoms with E-state index in [0.717, 1.165) is 11.1 Å². The van der Waals surface area contributed by atoms with E-state index in [-0.39, 0.29) is 5.78 Å². The van der Waals surface area contributed by atoms with Crippen LogP contribution < -0.4 is 14.2 Å². The summed E-state index contributed by atoms with van der Waals surface area (Å²) in [6.07, 6.45) is 5.00. The molecular weight excluding hydrogens is 316 g/mol. The Labute approximate surface area is 148 Å². The average Bonchev–Trinajstić information content (AvgIpc) is 2.65. The third kappa shape index (κ3) is 4.51. The molecule has 0 aliphatic carbocycles. The van der Waals surface area contributed by atoms with E-state index in [1.165, 1.54) is 0 Å². The van der Waals surface area contributed by atoms with Crippen LogP contribution >= 0.6 is 0 Å². The van der Waals surface area contributed by atoms with Crippen molar-refractivity contribution in [1.29, 1.82) is 0 Å². The topological polar surface area (TPSA) is 44.8 Å². The zero-order valence-electron chi connectivity index (χ0n) is 14.7. The molecule has 2 rings (SSSR count). The second-order valence-corrected chi connectivity index (χ2v) is 5.34. The summed E-state index contributed by atoms with van der Waals surface area (Å²) in [4.78, 5) is 12.3. The Balaban J connectivity index is 2.16. The highest BCUT2D eigenvalue weighted by Crippen LogP contribution is 2.33.